The van der Waals surface area contributed by atoms with E-state index in [2.05, 4.69) is 5.32 Å². The summed E-state index contributed by atoms with van der Waals surface area (Å²) >= 11 is 0. The monoisotopic (exact) mass is 278 g/mol. The maximum Gasteiger partial charge on any atom is 0.330 e. The van der Waals surface area contributed by atoms with E-state index in [0.717, 1.165) is 0 Å². The van der Waals surface area contributed by atoms with Crippen LogP contribution in [0.4, 0.5) is 4.79 Å². The van der Waals surface area contributed by atoms with Crippen LogP contribution in [-0.2, 0) is 9.53 Å². The first-order valence-electron chi connectivity index (χ1n) is 6.52. The van der Waals surface area contributed by atoms with Gasteiger partial charge >= 0.3 is 12.0 Å². The van der Waals surface area contributed by atoms with Crippen molar-refractivity contribution in [2.45, 2.75) is 19.1 Å². The second-order valence-electron chi connectivity index (χ2n) is 4.76. The molecule has 0 aliphatic carbocycles. The van der Waals surface area contributed by atoms with E-state index in [0.29, 0.717) is 25.3 Å². The molecule has 1 aliphatic heterocycles. The van der Waals surface area contributed by atoms with Gasteiger partial charge in [0.25, 0.3) is 0 Å². The summed E-state index contributed by atoms with van der Waals surface area (Å²) in [6.45, 7) is 3.28. The molecule has 2 rings (SSSR count). The Bertz CT molecular complexity index is 477. The molecule has 0 saturated carbocycles. The van der Waals surface area contributed by atoms with E-state index in [1.807, 2.05) is 6.92 Å². The maximum absolute atomic E-state index is 12.1. The van der Waals surface area contributed by atoms with Gasteiger partial charge in [-0.1, -0.05) is 30.3 Å². The average molecular weight is 278 g/mol. The van der Waals surface area contributed by atoms with E-state index >= 15 is 0 Å². The van der Waals surface area contributed by atoms with Crippen LogP contribution in [-0.4, -0.2) is 47.8 Å². The smallest absolute Gasteiger partial charge is 0.330 e. The molecule has 0 spiro atoms. The summed E-state index contributed by atoms with van der Waals surface area (Å²) in [6.07, 6.45) is -0.0329. The third-order valence-electron chi connectivity index (χ3n) is 3.18. The minimum Gasteiger partial charge on any atom is -0.479 e. The van der Waals surface area contributed by atoms with Gasteiger partial charge in [-0.15, -0.1) is 0 Å². The van der Waals surface area contributed by atoms with Crippen LogP contribution in [0, 0.1) is 0 Å². The highest BCUT2D eigenvalue weighted by Crippen LogP contribution is 2.14. The Morgan fingerprint density at radius 3 is 2.70 bits per heavy atom. The van der Waals surface area contributed by atoms with Crippen molar-refractivity contribution in [2.75, 3.05) is 19.7 Å². The molecule has 108 valence electrons. The van der Waals surface area contributed by atoms with E-state index in [1.165, 1.54) is 0 Å². The van der Waals surface area contributed by atoms with Crippen molar-refractivity contribution in [2.24, 2.45) is 0 Å². The van der Waals surface area contributed by atoms with Crippen LogP contribution < -0.4 is 5.32 Å². The molecule has 0 radical (unpaired) electrons. The van der Waals surface area contributed by atoms with E-state index in [4.69, 9.17) is 4.74 Å². The van der Waals surface area contributed by atoms with Gasteiger partial charge in [-0.05, 0) is 12.5 Å². The van der Waals surface area contributed by atoms with Crippen molar-refractivity contribution in [1.29, 1.82) is 0 Å². The summed E-state index contributed by atoms with van der Waals surface area (Å²) in [4.78, 5) is 25.0. The molecule has 1 saturated heterocycles. The number of hydrogen-bond donors (Lipinski definition) is 2. The number of morpholine rings is 1. The van der Waals surface area contributed by atoms with Crippen molar-refractivity contribution in [3.8, 4) is 0 Å². The number of nitrogens with one attached hydrogen (secondary N) is 1. The van der Waals surface area contributed by atoms with Gasteiger partial charge in [0.2, 0.25) is 0 Å². The zero-order valence-corrected chi connectivity index (χ0v) is 11.3. The zero-order valence-electron chi connectivity index (χ0n) is 11.3. The van der Waals surface area contributed by atoms with Gasteiger partial charge < -0.3 is 20.1 Å². The Morgan fingerprint density at radius 2 is 2.10 bits per heavy atom. The predicted octanol–water partition coefficient (Wildman–Crippen LogP) is 1.24. The third-order valence-corrected chi connectivity index (χ3v) is 3.18. The van der Waals surface area contributed by atoms with Crippen molar-refractivity contribution >= 4 is 12.0 Å². The molecular weight excluding hydrogens is 260 g/mol. The Kier molecular flexibility index (Phi) is 4.57. The van der Waals surface area contributed by atoms with Crippen LogP contribution >= 0.6 is 0 Å². The minimum absolute atomic E-state index is 0.0329. The number of benzene rings is 1. The van der Waals surface area contributed by atoms with Crippen LogP contribution in [0.5, 0.6) is 0 Å². The van der Waals surface area contributed by atoms with Gasteiger partial charge in [-0.25, -0.2) is 9.59 Å². The molecular formula is C14H18N2O4. The van der Waals surface area contributed by atoms with Crippen molar-refractivity contribution in [3.63, 3.8) is 0 Å². The summed E-state index contributed by atoms with van der Waals surface area (Å²) in [7, 11) is 0. The number of carboxylic acid groups (broad SMARTS) is 1. The highest BCUT2D eigenvalue weighted by Gasteiger charge is 2.27. The van der Waals surface area contributed by atoms with Gasteiger partial charge in [-0.3, -0.25) is 0 Å². The molecule has 1 aliphatic rings. The van der Waals surface area contributed by atoms with E-state index in [1.54, 1.807) is 35.2 Å². The minimum atomic E-state index is -1.08. The molecule has 1 aromatic carbocycles. The number of carbonyl (C=O) groups excluding carboxylic acids is 1. The van der Waals surface area contributed by atoms with Crippen LogP contribution in [0.2, 0.25) is 0 Å². The highest BCUT2D eigenvalue weighted by atomic mass is 16.5. The van der Waals surface area contributed by atoms with Gasteiger partial charge in [0, 0.05) is 13.1 Å². The molecule has 2 N–H and O–H groups in total. The first-order chi connectivity index (χ1) is 9.58. The van der Waals surface area contributed by atoms with Crippen molar-refractivity contribution < 1.29 is 19.4 Å². The van der Waals surface area contributed by atoms with Crippen LogP contribution in [0.15, 0.2) is 30.3 Å². The predicted molar refractivity (Wildman–Crippen MR) is 72.3 cm³/mol. The number of carboxylic acids is 1. The molecule has 0 aromatic heterocycles. The second kappa shape index (κ2) is 6.38. The summed E-state index contributed by atoms with van der Waals surface area (Å²) < 4.78 is 5.36. The lowest BCUT2D eigenvalue weighted by Gasteiger charge is -2.32. The fraction of sp³-hybridized carbons (Fsp3) is 0.429. The van der Waals surface area contributed by atoms with E-state index in [-0.39, 0.29) is 12.1 Å². The Balaban J connectivity index is 2.05. The summed E-state index contributed by atoms with van der Waals surface area (Å²) in [5, 5.41) is 11.8. The number of rotatable bonds is 3. The lowest BCUT2D eigenvalue weighted by atomic mass is 10.1. The zero-order chi connectivity index (χ0) is 14.5. The number of hydrogen-bond acceptors (Lipinski definition) is 3. The summed E-state index contributed by atoms with van der Waals surface area (Å²) in [5.41, 5.74) is 0.551. The molecule has 1 heterocycles. The molecule has 0 bridgehead atoms. The first-order valence-corrected chi connectivity index (χ1v) is 6.52. The molecule has 2 amide bonds. The van der Waals surface area contributed by atoms with Crippen molar-refractivity contribution in [1.82, 2.24) is 10.2 Å². The largest absolute Gasteiger partial charge is 0.479 e. The third kappa shape index (κ3) is 3.48. The maximum atomic E-state index is 12.1. The number of urea groups is 1. The van der Waals surface area contributed by atoms with E-state index < -0.39 is 12.0 Å². The van der Waals surface area contributed by atoms with Gasteiger partial charge in [-0.2, -0.15) is 0 Å². The van der Waals surface area contributed by atoms with Crippen LogP contribution in [0.25, 0.3) is 0 Å². The Morgan fingerprint density at radius 1 is 1.40 bits per heavy atom. The number of amides is 2. The highest BCUT2D eigenvalue weighted by molar-refractivity contribution is 5.83. The lowest BCUT2D eigenvalue weighted by Crippen LogP contribution is -2.50. The van der Waals surface area contributed by atoms with Crippen LogP contribution in [0.1, 0.15) is 18.5 Å². The topological polar surface area (TPSA) is 78.9 Å². The molecule has 1 unspecified atom stereocenters. The van der Waals surface area contributed by atoms with Gasteiger partial charge in [0.05, 0.1) is 12.7 Å². The van der Waals surface area contributed by atoms with Gasteiger partial charge in [0.15, 0.2) is 6.04 Å². The molecule has 6 heteroatoms. The fourth-order valence-corrected chi connectivity index (χ4v) is 2.15. The average Bonchev–Trinajstić information content (AvgIpc) is 2.45. The normalized spacial score (nSPS) is 20.2. The SMILES string of the molecule is CC1CN(C(=O)N[C@H](C(=O)O)c2ccccc2)CCO1. The summed E-state index contributed by atoms with van der Waals surface area (Å²) in [6, 6.07) is 7.23. The Hall–Kier alpha value is -2.08. The quantitative estimate of drug-likeness (QED) is 0.872. The Labute approximate surface area is 117 Å². The number of carbonyl (C=O) groups is 2. The van der Waals surface area contributed by atoms with Crippen LogP contribution in [0.3, 0.4) is 0 Å². The van der Waals surface area contributed by atoms with E-state index in [9.17, 15) is 14.7 Å². The number of nitrogens with zero attached hydrogens (tertiary/aromatic N) is 1. The molecule has 1 aromatic rings. The fourth-order valence-electron chi connectivity index (χ4n) is 2.15. The lowest BCUT2D eigenvalue weighted by molar-refractivity contribution is -0.139. The molecule has 2 atom stereocenters. The standard InChI is InChI=1S/C14H18N2O4/c1-10-9-16(7-8-20-10)14(19)15-12(13(17)18)11-5-3-2-4-6-11/h2-6,10,12H,7-9H2,1H3,(H,15,19)(H,17,18)/t10?,12-/m0/s1. The number of aliphatic carboxylic acids is 1. The number of ether oxygens (including phenoxy) is 1. The van der Waals surface area contributed by atoms with Crippen molar-refractivity contribution in [3.05, 3.63) is 35.9 Å². The molecule has 1 fully saturated rings. The first kappa shape index (κ1) is 14.3. The molecule has 20 heavy (non-hydrogen) atoms. The van der Waals surface area contributed by atoms with Gasteiger partial charge in [0.1, 0.15) is 0 Å². The molecule has 6 nitrogen and oxygen atoms in total. The summed E-state index contributed by atoms with van der Waals surface area (Å²) in [5.74, 6) is -1.08. The second-order valence-corrected chi connectivity index (χ2v) is 4.76.